The van der Waals surface area contributed by atoms with Crippen molar-refractivity contribution in [3.63, 3.8) is 0 Å². The molecule has 0 saturated heterocycles. The first-order chi connectivity index (χ1) is 12.1. The van der Waals surface area contributed by atoms with Gasteiger partial charge in [-0.25, -0.2) is 0 Å². The fraction of sp³-hybridized carbons (Fsp3) is 0.300. The number of hydrogen-bond acceptors (Lipinski definition) is 4. The molecule has 0 aliphatic carbocycles. The Labute approximate surface area is 153 Å². The van der Waals surface area contributed by atoms with Crippen molar-refractivity contribution >= 4 is 11.8 Å². The van der Waals surface area contributed by atoms with Gasteiger partial charge in [-0.15, -0.1) is 10.2 Å². The highest BCUT2D eigenvalue weighted by Gasteiger charge is 2.16. The molecule has 1 aromatic heterocycles. The molecule has 0 N–H and O–H groups in total. The monoisotopic (exact) mass is 353 g/mol. The van der Waals surface area contributed by atoms with E-state index in [1.165, 1.54) is 5.56 Å². The Morgan fingerprint density at radius 2 is 1.68 bits per heavy atom. The minimum atomic E-state index is 0.595. The van der Waals surface area contributed by atoms with Gasteiger partial charge in [0, 0.05) is 17.0 Å². The summed E-state index contributed by atoms with van der Waals surface area (Å²) in [6.07, 6.45) is 0. The summed E-state index contributed by atoms with van der Waals surface area (Å²) in [4.78, 5) is 0. The third-order valence-corrected chi connectivity index (χ3v) is 5.18. The van der Waals surface area contributed by atoms with Gasteiger partial charge in [0.05, 0.1) is 7.11 Å². The lowest BCUT2D eigenvalue weighted by atomic mass is 10.2. The van der Waals surface area contributed by atoms with E-state index >= 15 is 0 Å². The quantitative estimate of drug-likeness (QED) is 0.585. The van der Waals surface area contributed by atoms with Crippen LogP contribution in [-0.2, 0) is 0 Å². The number of ether oxygens (including phenoxy) is 1. The van der Waals surface area contributed by atoms with E-state index in [0.29, 0.717) is 5.92 Å². The summed E-state index contributed by atoms with van der Waals surface area (Å²) in [6.45, 7) is 6.52. The van der Waals surface area contributed by atoms with E-state index < -0.39 is 0 Å². The molecule has 0 atom stereocenters. The van der Waals surface area contributed by atoms with E-state index in [1.807, 2.05) is 24.3 Å². The Hall–Kier alpha value is -2.27. The van der Waals surface area contributed by atoms with Crippen LogP contribution in [0.4, 0.5) is 0 Å². The van der Waals surface area contributed by atoms with E-state index in [2.05, 4.69) is 59.8 Å². The Balaban J connectivity index is 2.06. The molecule has 25 heavy (non-hydrogen) atoms. The Bertz CT molecular complexity index is 823. The summed E-state index contributed by atoms with van der Waals surface area (Å²) in [5.74, 6) is 3.28. The zero-order valence-corrected chi connectivity index (χ0v) is 15.9. The number of nitrogens with zero attached hydrogens (tertiary/aromatic N) is 3. The van der Waals surface area contributed by atoms with E-state index in [-0.39, 0.29) is 0 Å². The molecule has 0 unspecified atom stereocenters. The number of aryl methyl sites for hydroxylation is 1. The third kappa shape index (κ3) is 4.04. The van der Waals surface area contributed by atoms with Crippen LogP contribution in [0, 0.1) is 12.8 Å². The zero-order valence-electron chi connectivity index (χ0n) is 15.1. The van der Waals surface area contributed by atoms with E-state index in [4.69, 9.17) is 4.74 Å². The Morgan fingerprint density at radius 3 is 2.28 bits per heavy atom. The fourth-order valence-electron chi connectivity index (χ4n) is 2.46. The molecule has 4 nitrogen and oxygen atoms in total. The number of hydrogen-bond donors (Lipinski definition) is 0. The second kappa shape index (κ2) is 7.74. The largest absolute Gasteiger partial charge is 0.497 e. The molecular weight excluding hydrogens is 330 g/mol. The normalized spacial score (nSPS) is 11.1. The number of aromatic nitrogens is 3. The first-order valence-electron chi connectivity index (χ1n) is 8.38. The molecule has 5 heteroatoms. The van der Waals surface area contributed by atoms with Crippen LogP contribution in [0.1, 0.15) is 19.4 Å². The van der Waals surface area contributed by atoms with Crippen LogP contribution >= 0.6 is 11.8 Å². The standard InChI is InChI=1S/C20H23N3OS/c1-14(2)13-25-20-22-21-19(16-7-11-18(24-4)12-8-16)23(20)17-9-5-15(3)6-10-17/h5-12,14H,13H2,1-4H3. The van der Waals surface area contributed by atoms with Crippen LogP contribution in [0.5, 0.6) is 5.75 Å². The average molecular weight is 353 g/mol. The smallest absolute Gasteiger partial charge is 0.196 e. The molecule has 0 aliphatic rings. The summed E-state index contributed by atoms with van der Waals surface area (Å²) < 4.78 is 7.39. The Morgan fingerprint density at radius 1 is 1.00 bits per heavy atom. The number of rotatable bonds is 6. The number of methoxy groups -OCH3 is 1. The summed E-state index contributed by atoms with van der Waals surface area (Å²) >= 11 is 1.74. The van der Waals surface area contributed by atoms with Crippen molar-refractivity contribution in [3.8, 4) is 22.8 Å². The van der Waals surface area contributed by atoms with Gasteiger partial charge in [0.25, 0.3) is 0 Å². The van der Waals surface area contributed by atoms with Crippen molar-refractivity contribution in [3.05, 3.63) is 54.1 Å². The predicted molar refractivity (Wildman–Crippen MR) is 104 cm³/mol. The SMILES string of the molecule is COc1ccc(-c2nnc(SCC(C)C)n2-c2ccc(C)cc2)cc1. The second-order valence-corrected chi connectivity index (χ2v) is 7.40. The lowest BCUT2D eigenvalue weighted by molar-refractivity contribution is 0.415. The summed E-state index contributed by atoms with van der Waals surface area (Å²) in [6, 6.07) is 16.4. The molecule has 0 amide bonds. The fourth-order valence-corrected chi connectivity index (χ4v) is 3.36. The first-order valence-corrected chi connectivity index (χ1v) is 9.36. The van der Waals surface area contributed by atoms with Crippen LogP contribution in [-0.4, -0.2) is 27.6 Å². The second-order valence-electron chi connectivity index (χ2n) is 6.41. The number of thioether (sulfide) groups is 1. The molecule has 2 aromatic carbocycles. The van der Waals surface area contributed by atoms with Crippen molar-refractivity contribution in [1.82, 2.24) is 14.8 Å². The highest BCUT2D eigenvalue weighted by atomic mass is 32.2. The minimum absolute atomic E-state index is 0.595. The van der Waals surface area contributed by atoms with E-state index in [1.54, 1.807) is 18.9 Å². The van der Waals surface area contributed by atoms with Crippen LogP contribution in [0.3, 0.4) is 0 Å². The maximum atomic E-state index is 5.26. The van der Waals surface area contributed by atoms with Gasteiger partial charge in [-0.3, -0.25) is 4.57 Å². The van der Waals surface area contributed by atoms with Crippen molar-refractivity contribution < 1.29 is 4.74 Å². The lowest BCUT2D eigenvalue weighted by Gasteiger charge is -2.11. The molecule has 130 valence electrons. The van der Waals surface area contributed by atoms with Crippen molar-refractivity contribution in [1.29, 1.82) is 0 Å². The van der Waals surface area contributed by atoms with Crippen LogP contribution in [0.2, 0.25) is 0 Å². The van der Waals surface area contributed by atoms with Gasteiger partial charge < -0.3 is 4.74 Å². The predicted octanol–water partition coefficient (Wildman–Crippen LogP) is 5.00. The van der Waals surface area contributed by atoms with Crippen molar-refractivity contribution in [2.24, 2.45) is 5.92 Å². The topological polar surface area (TPSA) is 39.9 Å². The maximum absolute atomic E-state index is 5.26. The van der Waals surface area contributed by atoms with Crippen molar-refractivity contribution in [2.45, 2.75) is 25.9 Å². The Kier molecular flexibility index (Phi) is 5.43. The van der Waals surface area contributed by atoms with Crippen molar-refractivity contribution in [2.75, 3.05) is 12.9 Å². The van der Waals surface area contributed by atoms with E-state index in [0.717, 1.165) is 33.7 Å². The average Bonchev–Trinajstić information content (AvgIpc) is 3.04. The van der Waals surface area contributed by atoms with Gasteiger partial charge in [-0.05, 0) is 49.2 Å². The highest BCUT2D eigenvalue weighted by Crippen LogP contribution is 2.29. The van der Waals surface area contributed by atoms with Gasteiger partial charge in [0.2, 0.25) is 0 Å². The third-order valence-electron chi connectivity index (χ3n) is 3.82. The summed E-state index contributed by atoms with van der Waals surface area (Å²) in [7, 11) is 1.67. The molecule has 3 rings (SSSR count). The molecule has 0 bridgehead atoms. The molecule has 1 heterocycles. The summed E-state index contributed by atoms with van der Waals surface area (Å²) in [5.41, 5.74) is 3.33. The molecule has 3 aromatic rings. The van der Waals surface area contributed by atoms with Gasteiger partial charge in [0.15, 0.2) is 11.0 Å². The minimum Gasteiger partial charge on any atom is -0.497 e. The van der Waals surface area contributed by atoms with Gasteiger partial charge in [0.1, 0.15) is 5.75 Å². The zero-order chi connectivity index (χ0) is 17.8. The van der Waals surface area contributed by atoms with E-state index in [9.17, 15) is 0 Å². The van der Waals surface area contributed by atoms with Crippen LogP contribution < -0.4 is 4.74 Å². The molecule has 0 spiro atoms. The van der Waals surface area contributed by atoms with Gasteiger partial charge >= 0.3 is 0 Å². The molecule has 0 saturated carbocycles. The highest BCUT2D eigenvalue weighted by molar-refractivity contribution is 7.99. The molecule has 0 radical (unpaired) electrons. The van der Waals surface area contributed by atoms with Gasteiger partial charge in [-0.2, -0.15) is 0 Å². The number of benzene rings is 2. The van der Waals surface area contributed by atoms with Crippen LogP contribution in [0.15, 0.2) is 53.7 Å². The summed E-state index contributed by atoms with van der Waals surface area (Å²) in [5, 5.41) is 9.84. The van der Waals surface area contributed by atoms with Crippen LogP contribution in [0.25, 0.3) is 17.1 Å². The first kappa shape index (κ1) is 17.5. The maximum Gasteiger partial charge on any atom is 0.196 e. The molecule has 0 aliphatic heterocycles. The molecule has 0 fully saturated rings. The lowest BCUT2D eigenvalue weighted by Crippen LogP contribution is -2.01. The van der Waals surface area contributed by atoms with Gasteiger partial charge in [-0.1, -0.05) is 43.3 Å². The molecular formula is C20H23N3OS.